The molecule has 2 N–H and O–H groups in total. The first-order chi connectivity index (χ1) is 12.5. The molecule has 2 rings (SSSR count). The van der Waals surface area contributed by atoms with Gasteiger partial charge in [-0.05, 0) is 65.3 Å². The van der Waals surface area contributed by atoms with E-state index in [9.17, 15) is 0 Å². The molecule has 0 saturated carbocycles. The average molecular weight is 513 g/mol. The Morgan fingerprint density at radius 3 is 2.37 bits per heavy atom. The zero-order valence-electron chi connectivity index (χ0n) is 17.8. The van der Waals surface area contributed by atoms with E-state index in [1.54, 1.807) is 0 Å². The van der Waals surface area contributed by atoms with Gasteiger partial charge >= 0.3 is 0 Å². The van der Waals surface area contributed by atoms with E-state index in [-0.39, 0.29) is 34.3 Å². The lowest BCUT2D eigenvalue weighted by atomic mass is 9.98. The van der Waals surface area contributed by atoms with E-state index in [4.69, 9.17) is 9.73 Å². The van der Waals surface area contributed by atoms with Gasteiger partial charge in [-0.25, -0.2) is 0 Å². The van der Waals surface area contributed by atoms with E-state index in [1.165, 1.54) is 32.4 Å². The second-order valence-electron chi connectivity index (χ2n) is 8.14. The summed E-state index contributed by atoms with van der Waals surface area (Å²) in [6.07, 6.45) is 6.27. The lowest BCUT2D eigenvalue weighted by Gasteiger charge is -2.40. The summed E-state index contributed by atoms with van der Waals surface area (Å²) in [7, 11) is 0. The number of ether oxygens (including phenoxy) is 1. The SMILES string of the molecule is CCNC(=NCC(C)(C)N1CCCCC1)NCC1(SCC)CCOCC1.I. The van der Waals surface area contributed by atoms with Crippen molar-refractivity contribution >= 4 is 41.7 Å². The molecule has 0 radical (unpaired) electrons. The van der Waals surface area contributed by atoms with Gasteiger partial charge < -0.3 is 15.4 Å². The topological polar surface area (TPSA) is 48.9 Å². The maximum absolute atomic E-state index is 5.59. The second kappa shape index (κ2) is 12.8. The highest BCUT2D eigenvalue weighted by Crippen LogP contribution is 2.34. The first kappa shape index (κ1) is 25.3. The fraction of sp³-hybridized carbons (Fsp3) is 0.950. The summed E-state index contributed by atoms with van der Waals surface area (Å²) in [5.74, 6) is 2.11. The van der Waals surface area contributed by atoms with Crippen molar-refractivity contribution in [1.82, 2.24) is 15.5 Å². The minimum atomic E-state index is 0. The number of nitrogens with zero attached hydrogens (tertiary/aromatic N) is 2. The first-order valence-electron chi connectivity index (χ1n) is 10.5. The predicted octanol–water partition coefficient (Wildman–Crippen LogP) is 3.73. The van der Waals surface area contributed by atoms with Gasteiger partial charge in [0.2, 0.25) is 0 Å². The van der Waals surface area contributed by atoms with Crippen LogP contribution in [0, 0.1) is 0 Å². The van der Waals surface area contributed by atoms with E-state index in [0.29, 0.717) is 0 Å². The number of rotatable bonds is 8. The third-order valence-corrected chi connectivity index (χ3v) is 7.07. The van der Waals surface area contributed by atoms with Gasteiger partial charge in [0, 0.05) is 36.6 Å². The lowest BCUT2D eigenvalue weighted by Crippen LogP contribution is -2.51. The van der Waals surface area contributed by atoms with Crippen LogP contribution in [0.5, 0.6) is 0 Å². The van der Waals surface area contributed by atoms with Gasteiger partial charge in [0.1, 0.15) is 0 Å². The molecule has 0 unspecified atom stereocenters. The van der Waals surface area contributed by atoms with Crippen molar-refractivity contribution in [2.24, 2.45) is 4.99 Å². The van der Waals surface area contributed by atoms with Crippen LogP contribution < -0.4 is 10.6 Å². The molecular formula is C20H41IN4OS. The molecule has 27 heavy (non-hydrogen) atoms. The molecule has 0 atom stereocenters. The highest BCUT2D eigenvalue weighted by Gasteiger charge is 2.33. The van der Waals surface area contributed by atoms with Crippen LogP contribution in [0.2, 0.25) is 0 Å². The molecule has 0 aliphatic carbocycles. The summed E-state index contributed by atoms with van der Waals surface area (Å²) >= 11 is 2.07. The number of aliphatic imine (C=N–C) groups is 1. The number of hydrogen-bond donors (Lipinski definition) is 2. The third-order valence-electron chi connectivity index (χ3n) is 5.61. The van der Waals surface area contributed by atoms with Crippen molar-refractivity contribution in [2.45, 2.75) is 70.1 Å². The van der Waals surface area contributed by atoms with Crippen molar-refractivity contribution in [3.05, 3.63) is 0 Å². The quantitative estimate of drug-likeness (QED) is 0.295. The van der Waals surface area contributed by atoms with E-state index < -0.39 is 0 Å². The Morgan fingerprint density at radius 1 is 1.11 bits per heavy atom. The fourth-order valence-electron chi connectivity index (χ4n) is 3.88. The van der Waals surface area contributed by atoms with Gasteiger partial charge in [-0.3, -0.25) is 9.89 Å². The van der Waals surface area contributed by atoms with E-state index >= 15 is 0 Å². The van der Waals surface area contributed by atoms with Gasteiger partial charge in [-0.2, -0.15) is 11.8 Å². The molecule has 2 saturated heterocycles. The molecule has 7 heteroatoms. The highest BCUT2D eigenvalue weighted by atomic mass is 127. The van der Waals surface area contributed by atoms with Gasteiger partial charge in [0.25, 0.3) is 0 Å². The van der Waals surface area contributed by atoms with Crippen molar-refractivity contribution in [2.75, 3.05) is 51.7 Å². The van der Waals surface area contributed by atoms with Crippen LogP contribution in [0.4, 0.5) is 0 Å². The summed E-state index contributed by atoms with van der Waals surface area (Å²) in [5.41, 5.74) is 0.122. The van der Waals surface area contributed by atoms with Crippen LogP contribution in [0.25, 0.3) is 0 Å². The smallest absolute Gasteiger partial charge is 0.191 e. The molecular weight excluding hydrogens is 471 g/mol. The van der Waals surface area contributed by atoms with E-state index in [1.807, 2.05) is 0 Å². The first-order valence-corrected chi connectivity index (χ1v) is 11.5. The summed E-state index contributed by atoms with van der Waals surface area (Å²) in [6, 6.07) is 0. The Balaban J connectivity index is 0.00000364. The third kappa shape index (κ3) is 8.26. The zero-order chi connectivity index (χ0) is 18.9. The summed E-state index contributed by atoms with van der Waals surface area (Å²) in [5, 5.41) is 7.07. The minimum Gasteiger partial charge on any atom is -0.381 e. The van der Waals surface area contributed by atoms with Crippen molar-refractivity contribution in [3.63, 3.8) is 0 Å². The Bertz CT molecular complexity index is 430. The zero-order valence-corrected chi connectivity index (χ0v) is 21.0. The van der Waals surface area contributed by atoms with Crippen molar-refractivity contribution in [1.29, 1.82) is 0 Å². The number of halogens is 1. The number of guanidine groups is 1. The van der Waals surface area contributed by atoms with Crippen LogP contribution >= 0.6 is 35.7 Å². The van der Waals surface area contributed by atoms with Crippen LogP contribution in [0.3, 0.4) is 0 Å². The monoisotopic (exact) mass is 512 g/mol. The molecule has 0 bridgehead atoms. The van der Waals surface area contributed by atoms with Gasteiger partial charge in [0.15, 0.2) is 5.96 Å². The maximum Gasteiger partial charge on any atom is 0.191 e. The standard InChI is InChI=1S/C20H40N4OS.HI/c1-5-21-18(22-16-19(3,4)24-12-8-7-9-13-24)23-17-20(26-6-2)10-14-25-15-11-20;/h5-17H2,1-4H3,(H2,21,22,23);1H. The number of likely N-dealkylation sites (tertiary alicyclic amines) is 1. The Hall–Kier alpha value is 0.270. The summed E-state index contributed by atoms with van der Waals surface area (Å²) in [6.45, 7) is 15.9. The molecule has 0 aromatic rings. The van der Waals surface area contributed by atoms with Crippen LogP contribution in [0.1, 0.15) is 59.8 Å². The number of hydrogen-bond acceptors (Lipinski definition) is 4. The number of piperidine rings is 1. The lowest BCUT2D eigenvalue weighted by molar-refractivity contribution is 0.0781. The minimum absolute atomic E-state index is 0. The van der Waals surface area contributed by atoms with Crippen molar-refractivity contribution in [3.8, 4) is 0 Å². The van der Waals surface area contributed by atoms with Gasteiger partial charge in [0.05, 0.1) is 6.54 Å². The molecule has 0 spiro atoms. The predicted molar refractivity (Wildman–Crippen MR) is 130 cm³/mol. The fourth-order valence-corrected chi connectivity index (χ4v) is 5.12. The van der Waals surface area contributed by atoms with Crippen LogP contribution in [0.15, 0.2) is 4.99 Å². The van der Waals surface area contributed by atoms with Gasteiger partial charge in [-0.1, -0.05) is 13.3 Å². The molecule has 160 valence electrons. The molecule has 2 aliphatic rings. The van der Waals surface area contributed by atoms with E-state index in [2.05, 4.69) is 55.0 Å². The van der Waals surface area contributed by atoms with Crippen LogP contribution in [-0.2, 0) is 4.74 Å². The normalized spacial score (nSPS) is 21.4. The molecule has 2 fully saturated rings. The van der Waals surface area contributed by atoms with E-state index in [0.717, 1.165) is 57.4 Å². The van der Waals surface area contributed by atoms with Crippen LogP contribution in [-0.4, -0.2) is 72.8 Å². The highest BCUT2D eigenvalue weighted by molar-refractivity contribution is 14.0. The molecule has 2 heterocycles. The molecule has 0 amide bonds. The van der Waals surface area contributed by atoms with Gasteiger partial charge in [-0.15, -0.1) is 24.0 Å². The molecule has 2 aliphatic heterocycles. The Morgan fingerprint density at radius 2 is 1.78 bits per heavy atom. The maximum atomic E-state index is 5.59. The molecule has 5 nitrogen and oxygen atoms in total. The molecule has 0 aromatic heterocycles. The summed E-state index contributed by atoms with van der Waals surface area (Å²) in [4.78, 5) is 7.56. The number of thioether (sulfide) groups is 1. The largest absolute Gasteiger partial charge is 0.381 e. The number of nitrogens with one attached hydrogen (secondary N) is 2. The van der Waals surface area contributed by atoms with Crippen molar-refractivity contribution < 1.29 is 4.74 Å². The summed E-state index contributed by atoms with van der Waals surface area (Å²) < 4.78 is 5.88. The Labute approximate surface area is 188 Å². The Kier molecular flexibility index (Phi) is 12.0. The second-order valence-corrected chi connectivity index (χ2v) is 9.87. The molecule has 0 aromatic carbocycles. The average Bonchev–Trinajstić information content (AvgIpc) is 2.66.